The molecular formula is C20H29NO6. The fourth-order valence-corrected chi connectivity index (χ4v) is 3.01. The van der Waals surface area contributed by atoms with E-state index in [4.69, 9.17) is 14.2 Å². The second-order valence-electron chi connectivity index (χ2n) is 7.73. The summed E-state index contributed by atoms with van der Waals surface area (Å²) < 4.78 is 16.4. The lowest BCUT2D eigenvalue weighted by molar-refractivity contribution is -0.143. The molecule has 7 nitrogen and oxygen atoms in total. The van der Waals surface area contributed by atoms with E-state index in [1.807, 2.05) is 0 Å². The summed E-state index contributed by atoms with van der Waals surface area (Å²) >= 11 is 0. The Bertz CT molecular complexity index is 651. The van der Waals surface area contributed by atoms with Gasteiger partial charge in [-0.3, -0.25) is 4.79 Å². The van der Waals surface area contributed by atoms with Gasteiger partial charge >= 0.3 is 12.1 Å². The Labute approximate surface area is 160 Å². The van der Waals surface area contributed by atoms with Crippen LogP contribution in [-0.2, 0) is 19.8 Å². The van der Waals surface area contributed by atoms with Crippen LogP contribution in [0.15, 0.2) is 24.3 Å². The number of rotatable bonds is 7. The molecule has 2 rings (SSSR count). The molecule has 1 aromatic carbocycles. The molecule has 0 saturated carbocycles. The molecule has 0 radical (unpaired) electrons. The zero-order valence-electron chi connectivity index (χ0n) is 16.4. The number of hydrogen-bond acceptors (Lipinski definition) is 5. The van der Waals surface area contributed by atoms with Gasteiger partial charge < -0.3 is 24.6 Å². The Hall–Kier alpha value is -2.28. The summed E-state index contributed by atoms with van der Waals surface area (Å²) in [5.74, 6) is -1.26. The summed E-state index contributed by atoms with van der Waals surface area (Å²) in [6.07, 6.45) is 1.32. The van der Waals surface area contributed by atoms with E-state index in [1.165, 1.54) is 0 Å². The lowest BCUT2D eigenvalue weighted by Gasteiger charge is -2.34. The average Bonchev–Trinajstić information content (AvgIpc) is 2.98. The van der Waals surface area contributed by atoms with Gasteiger partial charge in [-0.1, -0.05) is 25.5 Å². The zero-order valence-corrected chi connectivity index (χ0v) is 16.4. The van der Waals surface area contributed by atoms with Crippen LogP contribution in [0.2, 0.25) is 0 Å². The predicted octanol–water partition coefficient (Wildman–Crippen LogP) is 3.32. The van der Waals surface area contributed by atoms with Gasteiger partial charge in [0.25, 0.3) is 0 Å². The molecule has 1 heterocycles. The maximum Gasteiger partial charge on any atom is 0.408 e. The Kier molecular flexibility index (Phi) is 6.70. The van der Waals surface area contributed by atoms with E-state index in [2.05, 4.69) is 12.2 Å². The smallest absolute Gasteiger partial charge is 0.408 e. The standard InChI is InChI=1S/C20H29NO6/c1-5-6-11-26-15-9-7-14(8-10-15)20(13-25-12-16(20)17(22)23)21-18(24)27-19(2,3)4/h7-10,16H,5-6,11-13H2,1-4H3,(H,21,24)(H,22,23)/t16-,20+/m0/s1. The van der Waals surface area contributed by atoms with Crippen molar-refractivity contribution in [3.63, 3.8) is 0 Å². The molecule has 1 aliphatic rings. The van der Waals surface area contributed by atoms with Gasteiger partial charge in [0.2, 0.25) is 0 Å². The molecule has 2 atom stereocenters. The number of hydrogen-bond donors (Lipinski definition) is 2. The Balaban J connectivity index is 2.27. The molecule has 1 amide bonds. The minimum atomic E-state index is -1.20. The molecule has 1 saturated heterocycles. The third kappa shape index (κ3) is 5.35. The van der Waals surface area contributed by atoms with Gasteiger partial charge in [0, 0.05) is 0 Å². The topological polar surface area (TPSA) is 94.1 Å². The van der Waals surface area contributed by atoms with Gasteiger partial charge in [0.15, 0.2) is 0 Å². The first kappa shape index (κ1) is 21.0. The highest BCUT2D eigenvalue weighted by Gasteiger charge is 2.51. The number of unbranched alkanes of at least 4 members (excludes halogenated alkanes) is 1. The highest BCUT2D eigenvalue weighted by molar-refractivity contribution is 5.76. The summed E-state index contributed by atoms with van der Waals surface area (Å²) in [5.41, 5.74) is -1.25. The molecule has 0 bridgehead atoms. The van der Waals surface area contributed by atoms with Crippen LogP contribution >= 0.6 is 0 Å². The Morgan fingerprint density at radius 2 is 1.96 bits per heavy atom. The highest BCUT2D eigenvalue weighted by atomic mass is 16.6. The van der Waals surface area contributed by atoms with Gasteiger partial charge in [0.1, 0.15) is 22.8 Å². The number of ether oxygens (including phenoxy) is 3. The normalized spacial score (nSPS) is 22.3. The van der Waals surface area contributed by atoms with Crippen molar-refractivity contribution in [1.29, 1.82) is 0 Å². The first-order valence-corrected chi connectivity index (χ1v) is 9.23. The molecule has 0 spiro atoms. The van der Waals surface area contributed by atoms with E-state index >= 15 is 0 Å². The van der Waals surface area contributed by atoms with Crippen LogP contribution in [0.25, 0.3) is 0 Å². The fraction of sp³-hybridized carbons (Fsp3) is 0.600. The van der Waals surface area contributed by atoms with Gasteiger partial charge in [-0.05, 0) is 44.9 Å². The fourth-order valence-electron chi connectivity index (χ4n) is 3.01. The van der Waals surface area contributed by atoms with Crippen LogP contribution < -0.4 is 10.1 Å². The van der Waals surface area contributed by atoms with Crippen molar-refractivity contribution in [3.05, 3.63) is 29.8 Å². The third-order valence-electron chi connectivity index (χ3n) is 4.37. The number of benzene rings is 1. The number of carboxylic acids is 1. The second kappa shape index (κ2) is 8.61. The minimum absolute atomic E-state index is 0.0138. The van der Waals surface area contributed by atoms with E-state index in [-0.39, 0.29) is 13.2 Å². The van der Waals surface area contributed by atoms with E-state index in [1.54, 1.807) is 45.0 Å². The molecule has 1 aliphatic heterocycles. The summed E-state index contributed by atoms with van der Waals surface area (Å²) in [7, 11) is 0. The van der Waals surface area contributed by atoms with Crippen molar-refractivity contribution in [3.8, 4) is 5.75 Å². The van der Waals surface area contributed by atoms with E-state index in [9.17, 15) is 14.7 Å². The van der Waals surface area contributed by atoms with Gasteiger partial charge in [0.05, 0.1) is 19.8 Å². The highest BCUT2D eigenvalue weighted by Crippen LogP contribution is 2.37. The van der Waals surface area contributed by atoms with Gasteiger partial charge in [-0.25, -0.2) is 4.79 Å². The van der Waals surface area contributed by atoms with Crippen LogP contribution in [0.1, 0.15) is 46.1 Å². The number of aliphatic carboxylic acids is 1. The number of carbonyl (C=O) groups excluding carboxylic acids is 1. The minimum Gasteiger partial charge on any atom is -0.494 e. The van der Waals surface area contributed by atoms with Crippen molar-refractivity contribution < 1.29 is 28.9 Å². The van der Waals surface area contributed by atoms with Crippen LogP contribution in [0, 0.1) is 5.92 Å². The summed E-state index contributed by atoms with van der Waals surface area (Å²) in [6.45, 7) is 8.03. The molecule has 0 aromatic heterocycles. The Morgan fingerprint density at radius 1 is 1.30 bits per heavy atom. The molecule has 2 N–H and O–H groups in total. The quantitative estimate of drug-likeness (QED) is 0.706. The average molecular weight is 379 g/mol. The van der Waals surface area contributed by atoms with Crippen molar-refractivity contribution in [1.82, 2.24) is 5.32 Å². The maximum absolute atomic E-state index is 12.4. The molecule has 0 aliphatic carbocycles. The first-order chi connectivity index (χ1) is 12.7. The molecule has 1 aromatic rings. The third-order valence-corrected chi connectivity index (χ3v) is 4.37. The van der Waals surface area contributed by atoms with Crippen LogP contribution in [0.5, 0.6) is 5.75 Å². The lowest BCUT2D eigenvalue weighted by atomic mass is 9.80. The first-order valence-electron chi connectivity index (χ1n) is 9.23. The number of nitrogens with one attached hydrogen (secondary N) is 1. The second-order valence-corrected chi connectivity index (χ2v) is 7.73. The van der Waals surface area contributed by atoms with E-state index in [0.717, 1.165) is 12.8 Å². The lowest BCUT2D eigenvalue weighted by Crippen LogP contribution is -2.54. The molecule has 0 unspecified atom stereocenters. The van der Waals surface area contributed by atoms with Crippen molar-refractivity contribution >= 4 is 12.1 Å². The maximum atomic E-state index is 12.4. The number of carbonyl (C=O) groups is 2. The van der Waals surface area contributed by atoms with Crippen molar-refractivity contribution in [2.24, 2.45) is 5.92 Å². The number of amides is 1. The summed E-state index contributed by atoms with van der Waals surface area (Å²) in [5, 5.41) is 12.4. The van der Waals surface area contributed by atoms with E-state index in [0.29, 0.717) is 17.9 Å². The molecule has 27 heavy (non-hydrogen) atoms. The molecule has 1 fully saturated rings. The molecule has 7 heteroatoms. The SMILES string of the molecule is CCCCOc1ccc([C@]2(NC(=O)OC(C)(C)C)COC[C@H]2C(=O)O)cc1. The summed E-state index contributed by atoms with van der Waals surface area (Å²) in [4.78, 5) is 24.2. The van der Waals surface area contributed by atoms with Crippen LogP contribution in [-0.4, -0.2) is 42.6 Å². The van der Waals surface area contributed by atoms with Gasteiger partial charge in [-0.15, -0.1) is 0 Å². The Morgan fingerprint density at radius 3 is 2.52 bits per heavy atom. The number of alkyl carbamates (subject to hydrolysis) is 1. The predicted molar refractivity (Wildman–Crippen MR) is 99.8 cm³/mol. The zero-order chi connectivity index (χ0) is 20.1. The molecule has 150 valence electrons. The van der Waals surface area contributed by atoms with E-state index < -0.39 is 29.1 Å². The van der Waals surface area contributed by atoms with Crippen molar-refractivity contribution in [2.45, 2.75) is 51.7 Å². The summed E-state index contributed by atoms with van der Waals surface area (Å²) in [6, 6.07) is 7.09. The van der Waals surface area contributed by atoms with Crippen LogP contribution in [0.3, 0.4) is 0 Å². The monoisotopic (exact) mass is 379 g/mol. The largest absolute Gasteiger partial charge is 0.494 e. The van der Waals surface area contributed by atoms with Crippen molar-refractivity contribution in [2.75, 3.05) is 19.8 Å². The molecular weight excluding hydrogens is 350 g/mol. The van der Waals surface area contributed by atoms with Gasteiger partial charge in [-0.2, -0.15) is 0 Å². The van der Waals surface area contributed by atoms with Crippen LogP contribution in [0.4, 0.5) is 4.79 Å². The number of carboxylic acid groups (broad SMARTS) is 1.